The van der Waals surface area contributed by atoms with Crippen molar-refractivity contribution in [3.63, 3.8) is 0 Å². The van der Waals surface area contributed by atoms with Crippen LogP contribution in [-0.4, -0.2) is 38.2 Å². The third kappa shape index (κ3) is 4.43. The van der Waals surface area contributed by atoms with Gasteiger partial charge in [0.2, 0.25) is 0 Å². The average molecular weight is 511 g/mol. The second-order valence-electron chi connectivity index (χ2n) is 13.1. The molecule has 5 rings (SSSR count). The number of piperidine rings is 1. The molecule has 0 bridgehead atoms. The molecule has 37 heavy (non-hydrogen) atoms. The summed E-state index contributed by atoms with van der Waals surface area (Å²) in [6, 6.07) is -0.663. The molecule has 1 saturated heterocycles. The monoisotopic (exact) mass is 510 g/mol. The number of nitrogens with zero attached hydrogens (tertiary/aromatic N) is 4. The molecule has 4 heterocycles. The Bertz CT molecular complexity index is 1520. The first-order valence-corrected chi connectivity index (χ1v) is 13.4. The van der Waals surface area contributed by atoms with E-state index >= 15 is 0 Å². The number of rotatable bonds is 4. The van der Waals surface area contributed by atoms with Gasteiger partial charge in [0, 0.05) is 53.7 Å². The largest absolute Gasteiger partial charge is 0.356 e. The number of hydrogen-bond acceptors (Lipinski definition) is 5. The minimum Gasteiger partial charge on any atom is -0.356 e. The van der Waals surface area contributed by atoms with E-state index in [0.717, 1.165) is 55.1 Å². The van der Waals surface area contributed by atoms with E-state index in [1.54, 1.807) is 6.92 Å². The van der Waals surface area contributed by atoms with Crippen LogP contribution >= 0.6 is 0 Å². The number of aromatic nitrogens is 3. The number of fused-ring (bicyclic) bond motifs is 2. The maximum absolute atomic E-state index is 14.3. The number of likely N-dealkylation sites (tertiary alicyclic amines) is 1. The molecule has 0 amide bonds. The van der Waals surface area contributed by atoms with Crippen LogP contribution in [0.3, 0.4) is 0 Å². The Morgan fingerprint density at radius 1 is 1.16 bits per heavy atom. The first-order valence-electron chi connectivity index (χ1n) is 14.4. The first-order chi connectivity index (χ1) is 18.1. The van der Waals surface area contributed by atoms with Crippen molar-refractivity contribution < 1.29 is 11.7 Å². The van der Waals surface area contributed by atoms with Gasteiger partial charge in [0.25, 0.3) is 5.56 Å². The van der Waals surface area contributed by atoms with E-state index in [0.29, 0.717) is 23.9 Å². The van der Waals surface area contributed by atoms with Crippen LogP contribution in [-0.2, 0) is 19.4 Å². The zero-order valence-electron chi connectivity index (χ0n) is 25.5. The Morgan fingerprint density at radius 3 is 2.59 bits per heavy atom. The van der Waals surface area contributed by atoms with E-state index in [-0.39, 0.29) is 39.5 Å². The fraction of sp³-hybridized carbons (Fsp3) is 0.633. The highest BCUT2D eigenvalue weighted by molar-refractivity contribution is 5.83. The van der Waals surface area contributed by atoms with Crippen LogP contribution in [0.15, 0.2) is 21.4 Å². The lowest BCUT2D eigenvalue weighted by atomic mass is 9.64. The van der Waals surface area contributed by atoms with Crippen molar-refractivity contribution in [2.45, 2.75) is 99.1 Å². The number of halogens is 1. The molecular weight excluding hydrogens is 467 g/mol. The van der Waals surface area contributed by atoms with Gasteiger partial charge < -0.3 is 4.52 Å². The molecule has 0 spiro atoms. The molecule has 6 nitrogen and oxygen atoms in total. The Balaban J connectivity index is 1.36. The summed E-state index contributed by atoms with van der Waals surface area (Å²) in [5.41, 5.74) is 2.95. The molecule has 3 aromatic rings. The van der Waals surface area contributed by atoms with E-state index in [2.05, 4.69) is 51.6 Å². The van der Waals surface area contributed by atoms with Crippen molar-refractivity contribution >= 4 is 11.0 Å². The lowest BCUT2D eigenvalue weighted by molar-refractivity contribution is 0.0563. The molecule has 2 aromatic heterocycles. The van der Waals surface area contributed by atoms with Crippen LogP contribution < -0.4 is 5.56 Å². The second-order valence-corrected chi connectivity index (χ2v) is 13.1. The summed E-state index contributed by atoms with van der Waals surface area (Å²) in [6.45, 7) is 19.3. The van der Waals surface area contributed by atoms with Crippen LogP contribution in [0.4, 0.5) is 4.39 Å². The van der Waals surface area contributed by atoms with Gasteiger partial charge in [-0.3, -0.25) is 14.3 Å². The molecule has 0 N–H and O–H groups in total. The Hall–Kier alpha value is -2.54. The van der Waals surface area contributed by atoms with Crippen LogP contribution in [0.2, 0.25) is 0 Å². The Kier molecular flexibility index (Phi) is 5.58. The van der Waals surface area contributed by atoms with Gasteiger partial charge in [-0.05, 0) is 75.9 Å². The predicted octanol–water partition coefficient (Wildman–Crippen LogP) is 5.95. The summed E-state index contributed by atoms with van der Waals surface area (Å²) in [5, 5.41) is 4.88. The van der Waals surface area contributed by atoms with Crippen molar-refractivity contribution in [1.82, 2.24) is 19.6 Å². The lowest BCUT2D eigenvalue weighted by Gasteiger charge is -2.46. The van der Waals surface area contributed by atoms with Gasteiger partial charge >= 0.3 is 0 Å². The van der Waals surface area contributed by atoms with E-state index < -0.39 is 11.9 Å². The van der Waals surface area contributed by atoms with Gasteiger partial charge in [-0.15, -0.1) is 0 Å². The van der Waals surface area contributed by atoms with Gasteiger partial charge in [-0.1, -0.05) is 32.9 Å². The minimum absolute atomic E-state index is 0.00121. The SMILES string of the molecule is [2H]c1c(F)c([2H])c2onc(C3CCN(CCc4c(C)nc5n(c4=O)CC(C)(C)C(C)(C)C5)C(C)(C)C3)c2c1C. The third-order valence-corrected chi connectivity index (χ3v) is 9.52. The zero-order chi connectivity index (χ0) is 28.7. The summed E-state index contributed by atoms with van der Waals surface area (Å²) < 4.78 is 37.8. The van der Waals surface area contributed by atoms with Gasteiger partial charge in [-0.25, -0.2) is 9.37 Å². The van der Waals surface area contributed by atoms with E-state index in [1.165, 1.54) is 0 Å². The van der Waals surface area contributed by atoms with Crippen LogP contribution in [0.1, 0.15) is 91.4 Å². The predicted molar refractivity (Wildman–Crippen MR) is 145 cm³/mol. The van der Waals surface area contributed by atoms with E-state index in [4.69, 9.17) is 12.2 Å². The van der Waals surface area contributed by atoms with E-state index in [9.17, 15) is 9.18 Å². The molecular formula is C30H41FN4O2. The molecule has 0 aliphatic carbocycles. The maximum atomic E-state index is 14.3. The normalized spacial score (nSPS) is 23.5. The molecule has 1 unspecified atom stereocenters. The molecule has 2 aliphatic heterocycles. The number of benzene rings is 1. The highest BCUT2D eigenvalue weighted by Crippen LogP contribution is 2.45. The molecule has 200 valence electrons. The summed E-state index contributed by atoms with van der Waals surface area (Å²) in [7, 11) is 0. The van der Waals surface area contributed by atoms with Crippen molar-refractivity contribution in [1.29, 1.82) is 0 Å². The first kappa shape index (κ1) is 23.6. The third-order valence-electron chi connectivity index (χ3n) is 9.52. The molecule has 0 radical (unpaired) electrons. The van der Waals surface area contributed by atoms with Gasteiger partial charge in [0.1, 0.15) is 11.6 Å². The molecule has 7 heteroatoms. The molecule has 1 aromatic carbocycles. The average Bonchev–Trinajstić information content (AvgIpc) is 3.28. The van der Waals surface area contributed by atoms with Crippen LogP contribution in [0, 0.1) is 30.5 Å². The fourth-order valence-corrected chi connectivity index (χ4v) is 6.32. The van der Waals surface area contributed by atoms with Crippen molar-refractivity contribution in [2.75, 3.05) is 13.1 Å². The minimum atomic E-state index is -0.868. The highest BCUT2D eigenvalue weighted by atomic mass is 19.1. The van der Waals surface area contributed by atoms with Gasteiger partial charge in [0.15, 0.2) is 5.58 Å². The van der Waals surface area contributed by atoms with Crippen molar-refractivity contribution in [3.05, 3.63) is 56.6 Å². The maximum Gasteiger partial charge on any atom is 0.257 e. The van der Waals surface area contributed by atoms with Crippen LogP contribution in [0.5, 0.6) is 0 Å². The summed E-state index contributed by atoms with van der Waals surface area (Å²) in [6.07, 6.45) is 3.07. The second kappa shape index (κ2) is 8.75. The fourth-order valence-electron chi connectivity index (χ4n) is 6.32. The van der Waals surface area contributed by atoms with Gasteiger partial charge in [-0.2, -0.15) is 0 Å². The lowest BCUT2D eigenvalue weighted by Crippen LogP contribution is -2.51. The Labute approximate surface area is 222 Å². The quantitative estimate of drug-likeness (QED) is 0.434. The molecule has 2 aliphatic rings. The number of aryl methyl sites for hydroxylation is 2. The number of hydrogen-bond donors (Lipinski definition) is 0. The zero-order valence-corrected chi connectivity index (χ0v) is 23.5. The topological polar surface area (TPSA) is 64.2 Å². The van der Waals surface area contributed by atoms with Crippen LogP contribution in [0.25, 0.3) is 11.0 Å². The van der Waals surface area contributed by atoms with Gasteiger partial charge in [0.05, 0.1) is 8.44 Å². The summed E-state index contributed by atoms with van der Waals surface area (Å²) >= 11 is 0. The molecule has 0 saturated carbocycles. The standard InChI is InChI=1S/C30H41FN4O2/c1-18-13-21(31)14-23-25(18)26(33-37-23)20-9-11-34(30(7,8)15-20)12-10-22-19(2)32-24-16-28(3,4)29(5,6)17-35(24)27(22)36/h13-14,20H,9-12,15-17H2,1-8H3/i13D,14D. The smallest absolute Gasteiger partial charge is 0.257 e. The Morgan fingerprint density at radius 2 is 1.89 bits per heavy atom. The van der Waals surface area contributed by atoms with Crippen molar-refractivity contribution in [3.8, 4) is 0 Å². The summed E-state index contributed by atoms with van der Waals surface area (Å²) in [4.78, 5) is 21.0. The van der Waals surface area contributed by atoms with Crippen molar-refractivity contribution in [2.24, 2.45) is 10.8 Å². The molecule has 1 atom stereocenters. The summed E-state index contributed by atoms with van der Waals surface area (Å²) in [5.74, 6) is 0.102. The highest BCUT2D eigenvalue weighted by Gasteiger charge is 2.43. The molecule has 1 fully saturated rings. The van der Waals surface area contributed by atoms with E-state index in [1.807, 2.05) is 11.5 Å².